The number of anilines is 1. The predicted molar refractivity (Wildman–Crippen MR) is 90.8 cm³/mol. The van der Waals surface area contributed by atoms with Crippen LogP contribution in [0.2, 0.25) is 0 Å². The monoisotopic (exact) mass is 343 g/mol. The first-order valence-corrected chi connectivity index (χ1v) is 7.80. The Bertz CT molecular complexity index is 819. The summed E-state index contributed by atoms with van der Waals surface area (Å²) in [5.74, 6) is 0.0904. The molecular formula is C16H13N3O4S. The number of nitrogens with zero attached hydrogens (tertiary/aromatic N) is 2. The van der Waals surface area contributed by atoms with Gasteiger partial charge in [-0.05, 0) is 42.8 Å². The van der Waals surface area contributed by atoms with Crippen LogP contribution in [0, 0.1) is 21.4 Å². The number of ether oxygens (including phenoxy) is 1. The number of amides is 1. The summed E-state index contributed by atoms with van der Waals surface area (Å²) in [5, 5.41) is 23.9. The number of nitriles is 1. The predicted octanol–water partition coefficient (Wildman–Crippen LogP) is 3.60. The SMILES string of the molecule is CCOc1ccc(NC(=O)/C(C#N)=C/c2csc([N+](=O)[O-])c2)cc1. The maximum absolute atomic E-state index is 12.1. The molecule has 0 bridgehead atoms. The fraction of sp³-hybridized carbons (Fsp3) is 0.125. The van der Waals surface area contributed by atoms with Gasteiger partial charge in [0.05, 0.1) is 11.5 Å². The summed E-state index contributed by atoms with van der Waals surface area (Å²) in [6.07, 6.45) is 1.31. The highest BCUT2D eigenvalue weighted by Crippen LogP contribution is 2.24. The Morgan fingerprint density at radius 2 is 2.17 bits per heavy atom. The van der Waals surface area contributed by atoms with Gasteiger partial charge in [-0.1, -0.05) is 11.3 Å². The third kappa shape index (κ3) is 4.41. The molecule has 0 aliphatic rings. The number of nitrogens with one attached hydrogen (secondary N) is 1. The second kappa shape index (κ2) is 7.89. The van der Waals surface area contributed by atoms with Crippen LogP contribution < -0.4 is 10.1 Å². The van der Waals surface area contributed by atoms with E-state index in [0.29, 0.717) is 23.6 Å². The van der Waals surface area contributed by atoms with Crippen LogP contribution in [0.25, 0.3) is 6.08 Å². The van der Waals surface area contributed by atoms with Crippen molar-refractivity contribution in [3.05, 3.63) is 57.0 Å². The first-order valence-electron chi connectivity index (χ1n) is 6.92. The third-order valence-electron chi connectivity index (χ3n) is 2.89. The van der Waals surface area contributed by atoms with E-state index in [1.54, 1.807) is 30.3 Å². The molecule has 0 radical (unpaired) electrons. The van der Waals surface area contributed by atoms with Crippen LogP contribution in [-0.2, 0) is 4.79 Å². The van der Waals surface area contributed by atoms with Gasteiger partial charge in [-0.15, -0.1) is 0 Å². The smallest absolute Gasteiger partial charge is 0.324 e. The molecule has 0 aliphatic carbocycles. The minimum atomic E-state index is -0.587. The van der Waals surface area contributed by atoms with Gasteiger partial charge in [0.15, 0.2) is 0 Å². The summed E-state index contributed by atoms with van der Waals surface area (Å²) in [6.45, 7) is 2.41. The van der Waals surface area contributed by atoms with Crippen LogP contribution >= 0.6 is 11.3 Å². The van der Waals surface area contributed by atoms with E-state index in [4.69, 9.17) is 10.00 Å². The second-order valence-corrected chi connectivity index (χ2v) is 5.45. The van der Waals surface area contributed by atoms with E-state index >= 15 is 0 Å². The van der Waals surface area contributed by atoms with Crippen molar-refractivity contribution in [2.24, 2.45) is 0 Å². The van der Waals surface area contributed by atoms with Gasteiger partial charge in [-0.2, -0.15) is 5.26 Å². The van der Waals surface area contributed by atoms with Gasteiger partial charge < -0.3 is 10.1 Å². The molecule has 0 saturated heterocycles. The number of hydrogen-bond acceptors (Lipinski definition) is 6. The van der Waals surface area contributed by atoms with Crippen LogP contribution in [-0.4, -0.2) is 17.4 Å². The fourth-order valence-corrected chi connectivity index (χ4v) is 2.51. The molecule has 0 spiro atoms. The van der Waals surface area contributed by atoms with Gasteiger partial charge in [0.2, 0.25) is 0 Å². The number of hydrogen-bond donors (Lipinski definition) is 1. The molecule has 122 valence electrons. The molecule has 24 heavy (non-hydrogen) atoms. The van der Waals surface area contributed by atoms with E-state index in [-0.39, 0.29) is 10.6 Å². The molecular weight excluding hydrogens is 330 g/mol. The van der Waals surface area contributed by atoms with Crippen molar-refractivity contribution < 1.29 is 14.5 Å². The Balaban J connectivity index is 2.11. The second-order valence-electron chi connectivity index (χ2n) is 4.56. The first-order chi connectivity index (χ1) is 11.5. The minimum Gasteiger partial charge on any atom is -0.494 e. The van der Waals surface area contributed by atoms with Crippen molar-refractivity contribution in [1.82, 2.24) is 0 Å². The quantitative estimate of drug-likeness (QED) is 0.373. The standard InChI is InChI=1S/C16H13N3O4S/c1-2-23-14-5-3-13(4-6-14)18-16(20)12(9-17)7-11-8-15(19(21)22)24-10-11/h3-8,10H,2H2,1H3,(H,18,20)/b12-7+. The van der Waals surface area contributed by atoms with E-state index in [2.05, 4.69) is 5.32 Å². The number of nitro groups is 1. The van der Waals surface area contributed by atoms with Gasteiger partial charge in [-0.3, -0.25) is 14.9 Å². The highest BCUT2D eigenvalue weighted by atomic mass is 32.1. The van der Waals surface area contributed by atoms with Crippen molar-refractivity contribution in [3.63, 3.8) is 0 Å². The molecule has 1 aromatic carbocycles. The molecule has 7 nitrogen and oxygen atoms in total. The van der Waals surface area contributed by atoms with E-state index in [1.807, 2.05) is 6.92 Å². The van der Waals surface area contributed by atoms with Gasteiger partial charge in [0.1, 0.15) is 17.4 Å². The molecule has 0 fully saturated rings. The topological polar surface area (TPSA) is 105 Å². The maximum atomic E-state index is 12.1. The summed E-state index contributed by atoms with van der Waals surface area (Å²) in [4.78, 5) is 22.3. The molecule has 0 atom stereocenters. The van der Waals surface area contributed by atoms with E-state index < -0.39 is 10.8 Å². The molecule has 0 aliphatic heterocycles. The molecule has 1 amide bonds. The van der Waals surface area contributed by atoms with E-state index in [9.17, 15) is 14.9 Å². The minimum absolute atomic E-state index is 0.0505. The largest absolute Gasteiger partial charge is 0.494 e. The van der Waals surface area contributed by atoms with E-state index in [0.717, 1.165) is 11.3 Å². The van der Waals surface area contributed by atoms with Crippen molar-refractivity contribution in [2.75, 3.05) is 11.9 Å². The van der Waals surface area contributed by atoms with Gasteiger partial charge in [0, 0.05) is 17.1 Å². The van der Waals surface area contributed by atoms with Crippen LogP contribution in [0.5, 0.6) is 5.75 Å². The van der Waals surface area contributed by atoms with Crippen molar-refractivity contribution >= 4 is 34.0 Å². The first kappa shape index (κ1) is 17.2. The van der Waals surface area contributed by atoms with Crippen molar-refractivity contribution in [2.45, 2.75) is 6.92 Å². The highest BCUT2D eigenvalue weighted by Gasteiger charge is 2.13. The third-order valence-corrected chi connectivity index (χ3v) is 3.78. The Labute approximate surface area is 141 Å². The lowest BCUT2D eigenvalue weighted by atomic mass is 10.2. The molecule has 2 aromatic rings. The molecule has 1 heterocycles. The Morgan fingerprint density at radius 3 is 2.71 bits per heavy atom. The zero-order valence-electron chi connectivity index (χ0n) is 12.7. The van der Waals surface area contributed by atoms with E-state index in [1.165, 1.54) is 17.5 Å². The summed E-state index contributed by atoms with van der Waals surface area (Å²) in [7, 11) is 0. The van der Waals surface area contributed by atoms with Gasteiger partial charge in [-0.25, -0.2) is 0 Å². The lowest BCUT2D eigenvalue weighted by molar-refractivity contribution is -0.380. The van der Waals surface area contributed by atoms with Crippen LogP contribution in [0.15, 0.2) is 41.3 Å². The van der Waals surface area contributed by atoms with Crippen molar-refractivity contribution in [3.8, 4) is 11.8 Å². The number of benzene rings is 1. The molecule has 0 saturated carbocycles. The average molecular weight is 343 g/mol. The zero-order chi connectivity index (χ0) is 17.5. The van der Waals surface area contributed by atoms with Crippen LogP contribution in [0.4, 0.5) is 10.7 Å². The number of carbonyl (C=O) groups excluding carboxylic acids is 1. The molecule has 2 rings (SSSR count). The summed E-state index contributed by atoms with van der Waals surface area (Å²) in [5.41, 5.74) is 0.808. The Hall–Kier alpha value is -3.18. The van der Waals surface area contributed by atoms with Crippen molar-refractivity contribution in [1.29, 1.82) is 5.26 Å². The van der Waals surface area contributed by atoms with Crippen LogP contribution in [0.3, 0.4) is 0 Å². The number of rotatable bonds is 6. The van der Waals surface area contributed by atoms with Crippen LogP contribution in [0.1, 0.15) is 12.5 Å². The number of carbonyl (C=O) groups is 1. The Kier molecular flexibility index (Phi) is 5.65. The summed E-state index contributed by atoms with van der Waals surface area (Å²) in [6, 6.07) is 9.84. The molecule has 0 unspecified atom stereocenters. The van der Waals surface area contributed by atoms with Gasteiger partial charge >= 0.3 is 5.00 Å². The average Bonchev–Trinajstić information content (AvgIpc) is 3.03. The van der Waals surface area contributed by atoms with Gasteiger partial charge in [0.25, 0.3) is 5.91 Å². The maximum Gasteiger partial charge on any atom is 0.324 e. The molecule has 1 N–H and O–H groups in total. The lowest BCUT2D eigenvalue weighted by Gasteiger charge is -2.06. The zero-order valence-corrected chi connectivity index (χ0v) is 13.5. The normalized spacial score (nSPS) is 10.8. The highest BCUT2D eigenvalue weighted by molar-refractivity contribution is 7.13. The fourth-order valence-electron chi connectivity index (χ4n) is 1.83. The molecule has 8 heteroatoms. The summed E-state index contributed by atoms with van der Waals surface area (Å²) < 4.78 is 5.30. The summed E-state index contributed by atoms with van der Waals surface area (Å²) >= 11 is 0.933. The lowest BCUT2D eigenvalue weighted by Crippen LogP contribution is -2.13. The number of thiophene rings is 1. The Morgan fingerprint density at radius 1 is 1.46 bits per heavy atom. The molecule has 1 aromatic heterocycles.